The van der Waals surface area contributed by atoms with Crippen LogP contribution in [-0.2, 0) is 19.6 Å². The van der Waals surface area contributed by atoms with E-state index in [9.17, 15) is 13.2 Å². The number of methoxy groups -OCH3 is 1. The monoisotopic (exact) mass is 400 g/mol. The number of benzene rings is 1. The maximum Gasteiger partial charge on any atom is 0.243 e. The molecule has 0 N–H and O–H groups in total. The maximum atomic E-state index is 12.7. The Kier molecular flexibility index (Phi) is 6.22. The van der Waals surface area contributed by atoms with Crippen molar-refractivity contribution in [3.05, 3.63) is 29.3 Å². The van der Waals surface area contributed by atoms with Crippen molar-refractivity contribution in [2.45, 2.75) is 24.2 Å². The van der Waals surface area contributed by atoms with Crippen LogP contribution in [0, 0.1) is 11.8 Å². The van der Waals surface area contributed by atoms with Crippen LogP contribution < -0.4 is 0 Å². The molecule has 26 heavy (non-hydrogen) atoms. The molecule has 6 nitrogen and oxygen atoms in total. The van der Waals surface area contributed by atoms with E-state index < -0.39 is 10.0 Å². The maximum absolute atomic E-state index is 12.7. The van der Waals surface area contributed by atoms with Crippen molar-refractivity contribution in [1.29, 1.82) is 0 Å². The number of halogens is 1. The fourth-order valence-corrected chi connectivity index (χ4v) is 5.57. The molecule has 2 fully saturated rings. The van der Waals surface area contributed by atoms with Gasteiger partial charge >= 0.3 is 0 Å². The zero-order valence-electron chi connectivity index (χ0n) is 14.9. The predicted octanol–water partition coefficient (Wildman–Crippen LogP) is 2.24. The minimum atomic E-state index is -3.51. The second-order valence-electron chi connectivity index (χ2n) is 7.13. The molecule has 2 aliphatic rings. The number of carbonyl (C=O) groups is 1. The molecule has 2 heterocycles. The van der Waals surface area contributed by atoms with E-state index in [1.807, 2.05) is 4.90 Å². The van der Waals surface area contributed by atoms with E-state index in [1.165, 1.54) is 10.4 Å². The first-order chi connectivity index (χ1) is 12.4. The fourth-order valence-electron chi connectivity index (χ4n) is 3.80. The summed E-state index contributed by atoms with van der Waals surface area (Å²) in [5.41, 5.74) is 0. The molecule has 1 amide bonds. The molecule has 1 aromatic rings. The minimum Gasteiger partial charge on any atom is -0.384 e. The summed E-state index contributed by atoms with van der Waals surface area (Å²) in [6, 6.07) is 6.38. The third kappa shape index (κ3) is 4.39. The van der Waals surface area contributed by atoms with E-state index >= 15 is 0 Å². The number of carbonyl (C=O) groups excluding carboxylic acids is 1. The van der Waals surface area contributed by atoms with Crippen LogP contribution in [0.2, 0.25) is 5.02 Å². The Morgan fingerprint density at radius 2 is 1.96 bits per heavy atom. The second kappa shape index (κ2) is 8.25. The zero-order valence-corrected chi connectivity index (χ0v) is 16.5. The van der Waals surface area contributed by atoms with Crippen LogP contribution in [0.3, 0.4) is 0 Å². The quantitative estimate of drug-likeness (QED) is 0.734. The van der Waals surface area contributed by atoms with Crippen LogP contribution in [0.15, 0.2) is 29.2 Å². The average Bonchev–Trinajstić information content (AvgIpc) is 2.95. The van der Waals surface area contributed by atoms with Crippen LogP contribution in [0.25, 0.3) is 0 Å². The second-order valence-corrected chi connectivity index (χ2v) is 9.50. The molecule has 1 unspecified atom stereocenters. The van der Waals surface area contributed by atoms with E-state index in [4.69, 9.17) is 16.3 Å². The summed E-state index contributed by atoms with van der Waals surface area (Å²) in [7, 11) is -1.85. The Morgan fingerprint density at radius 1 is 1.23 bits per heavy atom. The first kappa shape index (κ1) is 19.6. The standard InChI is InChI=1S/C18H25ClN2O4S/c1-25-13-15-9-18(22)20(12-15)11-14-5-7-21(8-6-14)26(23,24)17-4-2-3-16(19)10-17/h2-4,10,14-15H,5-9,11-13H2,1H3. The molecule has 0 aliphatic carbocycles. The van der Waals surface area contributed by atoms with Crippen LogP contribution in [0.5, 0.6) is 0 Å². The summed E-state index contributed by atoms with van der Waals surface area (Å²) >= 11 is 5.93. The smallest absolute Gasteiger partial charge is 0.243 e. The van der Waals surface area contributed by atoms with Gasteiger partial charge in [0.2, 0.25) is 15.9 Å². The largest absolute Gasteiger partial charge is 0.384 e. The summed E-state index contributed by atoms with van der Waals surface area (Å²) in [4.78, 5) is 14.3. The molecule has 0 spiro atoms. The molecule has 144 valence electrons. The SMILES string of the molecule is COCC1CC(=O)N(CC2CCN(S(=O)(=O)c3cccc(Cl)c3)CC2)C1. The van der Waals surface area contributed by atoms with E-state index in [0.717, 1.165) is 19.4 Å². The van der Waals surface area contributed by atoms with Gasteiger partial charge in [-0.3, -0.25) is 4.79 Å². The van der Waals surface area contributed by atoms with E-state index in [-0.39, 0.29) is 16.7 Å². The molecular weight excluding hydrogens is 376 g/mol. The van der Waals surface area contributed by atoms with Gasteiger partial charge in [-0.15, -0.1) is 0 Å². The average molecular weight is 401 g/mol. The number of sulfonamides is 1. The summed E-state index contributed by atoms with van der Waals surface area (Å²) in [6.07, 6.45) is 2.08. The highest BCUT2D eigenvalue weighted by atomic mass is 35.5. The van der Waals surface area contributed by atoms with Gasteiger partial charge in [0.15, 0.2) is 0 Å². The Bertz CT molecular complexity index is 747. The van der Waals surface area contributed by atoms with Gasteiger partial charge in [-0.2, -0.15) is 4.31 Å². The van der Waals surface area contributed by atoms with Gasteiger partial charge in [0.1, 0.15) is 0 Å². The van der Waals surface area contributed by atoms with Gasteiger partial charge in [0.05, 0.1) is 11.5 Å². The summed E-state index contributed by atoms with van der Waals surface area (Å²) < 4.78 is 32.2. The van der Waals surface area contributed by atoms with E-state index in [0.29, 0.717) is 43.6 Å². The lowest BCUT2D eigenvalue weighted by atomic mass is 9.97. The van der Waals surface area contributed by atoms with Gasteiger partial charge in [0, 0.05) is 50.7 Å². The number of rotatable bonds is 6. The first-order valence-corrected chi connectivity index (χ1v) is 10.7. The van der Waals surface area contributed by atoms with Crippen molar-refractivity contribution in [2.75, 3.05) is 39.9 Å². The van der Waals surface area contributed by atoms with Crippen molar-refractivity contribution in [2.24, 2.45) is 11.8 Å². The topological polar surface area (TPSA) is 66.9 Å². The molecular formula is C18H25ClN2O4S. The lowest BCUT2D eigenvalue weighted by molar-refractivity contribution is -0.128. The van der Waals surface area contributed by atoms with E-state index in [1.54, 1.807) is 25.3 Å². The van der Waals surface area contributed by atoms with Gasteiger partial charge in [-0.05, 0) is 37.0 Å². The summed E-state index contributed by atoms with van der Waals surface area (Å²) in [6.45, 7) is 3.02. The predicted molar refractivity (Wildman–Crippen MR) is 99.5 cm³/mol. The van der Waals surface area contributed by atoms with Gasteiger partial charge in [-0.25, -0.2) is 8.42 Å². The van der Waals surface area contributed by atoms with Crippen molar-refractivity contribution in [3.63, 3.8) is 0 Å². The number of hydrogen-bond acceptors (Lipinski definition) is 4. The van der Waals surface area contributed by atoms with Crippen molar-refractivity contribution >= 4 is 27.5 Å². The normalized spacial score (nSPS) is 22.9. The molecule has 2 saturated heterocycles. The highest BCUT2D eigenvalue weighted by molar-refractivity contribution is 7.89. The van der Waals surface area contributed by atoms with Crippen LogP contribution in [0.4, 0.5) is 0 Å². The third-order valence-electron chi connectivity index (χ3n) is 5.18. The zero-order chi connectivity index (χ0) is 18.7. The molecule has 1 aromatic carbocycles. The Morgan fingerprint density at radius 3 is 2.62 bits per heavy atom. The molecule has 0 bridgehead atoms. The lowest BCUT2D eigenvalue weighted by Crippen LogP contribution is -2.42. The molecule has 8 heteroatoms. The molecule has 3 rings (SSSR count). The first-order valence-electron chi connectivity index (χ1n) is 8.92. The molecule has 2 aliphatic heterocycles. The van der Waals surface area contributed by atoms with Gasteiger partial charge < -0.3 is 9.64 Å². The number of amides is 1. The molecule has 0 saturated carbocycles. The van der Waals surface area contributed by atoms with Crippen molar-refractivity contribution in [1.82, 2.24) is 9.21 Å². The summed E-state index contributed by atoms with van der Waals surface area (Å²) in [5, 5.41) is 0.416. The van der Waals surface area contributed by atoms with Crippen LogP contribution >= 0.6 is 11.6 Å². The number of piperidine rings is 1. The van der Waals surface area contributed by atoms with Gasteiger partial charge in [-0.1, -0.05) is 17.7 Å². The number of likely N-dealkylation sites (tertiary alicyclic amines) is 1. The Hall–Kier alpha value is -1.15. The Labute approximate surface area is 160 Å². The van der Waals surface area contributed by atoms with Crippen molar-refractivity contribution in [3.8, 4) is 0 Å². The highest BCUT2D eigenvalue weighted by Crippen LogP contribution is 2.27. The highest BCUT2D eigenvalue weighted by Gasteiger charge is 2.34. The Balaban J connectivity index is 1.55. The van der Waals surface area contributed by atoms with E-state index in [2.05, 4.69) is 0 Å². The third-order valence-corrected chi connectivity index (χ3v) is 7.31. The molecule has 1 atom stereocenters. The fraction of sp³-hybridized carbons (Fsp3) is 0.611. The van der Waals surface area contributed by atoms with Crippen LogP contribution in [0.1, 0.15) is 19.3 Å². The number of ether oxygens (including phenoxy) is 1. The number of hydrogen-bond donors (Lipinski definition) is 0. The van der Waals surface area contributed by atoms with Crippen LogP contribution in [-0.4, -0.2) is 63.4 Å². The molecule has 0 aromatic heterocycles. The number of nitrogens with zero attached hydrogens (tertiary/aromatic N) is 2. The van der Waals surface area contributed by atoms with Gasteiger partial charge in [0.25, 0.3) is 0 Å². The molecule has 0 radical (unpaired) electrons. The lowest BCUT2D eigenvalue weighted by Gasteiger charge is -2.33. The minimum absolute atomic E-state index is 0.182. The summed E-state index contributed by atoms with van der Waals surface area (Å²) in [5.74, 6) is 0.794. The van der Waals surface area contributed by atoms with Crippen molar-refractivity contribution < 1.29 is 17.9 Å².